The van der Waals surface area contributed by atoms with Crippen molar-refractivity contribution >= 4 is 32.1 Å². The molecule has 0 nitrogen and oxygen atoms in total. The van der Waals surface area contributed by atoms with Gasteiger partial charge in [0, 0.05) is 9.40 Å². The van der Waals surface area contributed by atoms with Crippen molar-refractivity contribution < 1.29 is 0 Å². The summed E-state index contributed by atoms with van der Waals surface area (Å²) in [5, 5.41) is 4.43. The lowest BCUT2D eigenvalue weighted by molar-refractivity contribution is 1.17. The average Bonchev–Trinajstić information content (AvgIpc) is 2.44. The molecule has 2 heteroatoms. The molecule has 2 aromatic heterocycles. The molecule has 10 heavy (non-hydrogen) atoms. The molecule has 52 valence electrons. The Morgan fingerprint density at radius 3 is 3.10 bits per heavy atom. The minimum absolute atomic E-state index is 1.17. The fraction of sp³-hybridized carbons (Fsp3) is 0.250. The minimum Gasteiger partial charge on any atom is -0.143 e. The lowest BCUT2D eigenvalue weighted by atomic mass is 10.2. The fourth-order valence-electron chi connectivity index (χ4n) is 1.06. The van der Waals surface area contributed by atoms with E-state index < -0.39 is 0 Å². The van der Waals surface area contributed by atoms with Gasteiger partial charge in [0.15, 0.2) is 0 Å². The Labute approximate surface area is 68.1 Å². The summed E-state index contributed by atoms with van der Waals surface area (Å²) in [6, 6.07) is 2.20. The molecule has 0 bridgehead atoms. The van der Waals surface area contributed by atoms with Gasteiger partial charge >= 0.3 is 0 Å². The van der Waals surface area contributed by atoms with Gasteiger partial charge in [-0.2, -0.15) is 0 Å². The Morgan fingerprint density at radius 1 is 1.40 bits per heavy atom. The number of thiophene rings is 2. The van der Waals surface area contributed by atoms with Crippen LogP contribution in [0.25, 0.3) is 9.40 Å². The number of hydrogen-bond acceptors (Lipinski definition) is 2. The first-order valence-corrected chi connectivity index (χ1v) is 5.11. The van der Waals surface area contributed by atoms with Gasteiger partial charge in [0.25, 0.3) is 0 Å². The predicted molar refractivity (Wildman–Crippen MR) is 49.1 cm³/mol. The lowest BCUT2D eigenvalue weighted by Crippen LogP contribution is -1.68. The fourth-order valence-corrected chi connectivity index (χ4v) is 3.32. The van der Waals surface area contributed by atoms with Crippen LogP contribution >= 0.6 is 22.7 Å². The van der Waals surface area contributed by atoms with Gasteiger partial charge in [-0.05, 0) is 28.8 Å². The van der Waals surface area contributed by atoms with Crippen LogP contribution < -0.4 is 0 Å². The van der Waals surface area contributed by atoms with Crippen LogP contribution in [0.1, 0.15) is 12.5 Å². The first-order chi connectivity index (χ1) is 4.92. The van der Waals surface area contributed by atoms with Gasteiger partial charge in [-0.1, -0.05) is 6.92 Å². The number of fused-ring (bicyclic) bond motifs is 1. The Hall–Kier alpha value is -0.340. The summed E-state index contributed by atoms with van der Waals surface area (Å²) < 4.78 is 2.94. The molecule has 0 N–H and O–H groups in total. The Morgan fingerprint density at radius 2 is 2.30 bits per heavy atom. The van der Waals surface area contributed by atoms with E-state index in [1.807, 2.05) is 22.7 Å². The zero-order valence-corrected chi connectivity index (χ0v) is 7.39. The Balaban J connectivity index is 2.76. The second kappa shape index (κ2) is 2.36. The third-order valence-electron chi connectivity index (χ3n) is 1.63. The summed E-state index contributed by atoms with van der Waals surface area (Å²) in [6.07, 6.45) is 1.17. The molecule has 0 spiro atoms. The summed E-state index contributed by atoms with van der Waals surface area (Å²) in [5.74, 6) is 0. The standard InChI is InChI=1S/C8H8S2/c1-2-6-5-10-7-3-4-9-8(6)7/h3-5H,2H2,1H3. The van der Waals surface area contributed by atoms with Gasteiger partial charge in [-0.25, -0.2) is 0 Å². The quantitative estimate of drug-likeness (QED) is 0.611. The first-order valence-electron chi connectivity index (χ1n) is 3.35. The van der Waals surface area contributed by atoms with E-state index in [1.54, 1.807) is 0 Å². The van der Waals surface area contributed by atoms with Crippen LogP contribution in [0, 0.1) is 0 Å². The zero-order valence-electron chi connectivity index (χ0n) is 5.76. The van der Waals surface area contributed by atoms with Crippen molar-refractivity contribution in [2.75, 3.05) is 0 Å². The Bertz CT molecular complexity index is 330. The second-order valence-electron chi connectivity index (χ2n) is 2.23. The predicted octanol–water partition coefficient (Wildman–Crippen LogP) is 3.53. The molecule has 2 rings (SSSR count). The highest BCUT2D eigenvalue weighted by Crippen LogP contribution is 2.30. The van der Waals surface area contributed by atoms with Gasteiger partial charge in [0.05, 0.1) is 0 Å². The third-order valence-corrected chi connectivity index (χ3v) is 3.75. The molecule has 0 atom stereocenters. The molecule has 0 amide bonds. The first kappa shape index (κ1) is 6.38. The zero-order chi connectivity index (χ0) is 6.97. The molecule has 0 aliphatic heterocycles. The number of rotatable bonds is 1. The van der Waals surface area contributed by atoms with Crippen molar-refractivity contribution in [1.29, 1.82) is 0 Å². The van der Waals surface area contributed by atoms with E-state index in [2.05, 4.69) is 23.8 Å². The van der Waals surface area contributed by atoms with Gasteiger partial charge < -0.3 is 0 Å². The highest BCUT2D eigenvalue weighted by atomic mass is 32.1. The summed E-state index contributed by atoms with van der Waals surface area (Å²) >= 11 is 3.71. The molecule has 2 aromatic rings. The maximum atomic E-state index is 2.27. The van der Waals surface area contributed by atoms with Crippen LogP contribution in [0.4, 0.5) is 0 Å². The van der Waals surface area contributed by atoms with E-state index in [0.29, 0.717) is 0 Å². The normalized spacial score (nSPS) is 10.9. The van der Waals surface area contributed by atoms with Crippen LogP contribution in [0.15, 0.2) is 16.8 Å². The van der Waals surface area contributed by atoms with Gasteiger partial charge in [0.1, 0.15) is 0 Å². The monoisotopic (exact) mass is 168 g/mol. The van der Waals surface area contributed by atoms with Crippen LogP contribution in [0.2, 0.25) is 0 Å². The van der Waals surface area contributed by atoms with Crippen LogP contribution in [0.3, 0.4) is 0 Å². The minimum atomic E-state index is 1.17. The van der Waals surface area contributed by atoms with E-state index in [9.17, 15) is 0 Å². The van der Waals surface area contributed by atoms with Crippen molar-refractivity contribution in [1.82, 2.24) is 0 Å². The molecule has 0 aliphatic carbocycles. The number of aryl methyl sites for hydroxylation is 1. The molecule has 0 aromatic carbocycles. The third kappa shape index (κ3) is 0.796. The summed E-state index contributed by atoms with van der Waals surface area (Å²) in [4.78, 5) is 0. The SMILES string of the molecule is CCc1csc2ccsc12. The largest absolute Gasteiger partial charge is 0.143 e. The van der Waals surface area contributed by atoms with Crippen molar-refractivity contribution in [3.05, 3.63) is 22.4 Å². The smallest absolute Gasteiger partial charge is 0.0482 e. The summed E-state index contributed by atoms with van der Waals surface area (Å²) in [7, 11) is 0. The van der Waals surface area contributed by atoms with E-state index >= 15 is 0 Å². The topological polar surface area (TPSA) is 0 Å². The maximum absolute atomic E-state index is 2.27. The molecule has 0 saturated heterocycles. The number of hydrogen-bond donors (Lipinski definition) is 0. The molecule has 0 unspecified atom stereocenters. The molecule has 0 aliphatic rings. The summed E-state index contributed by atoms with van der Waals surface area (Å²) in [5.41, 5.74) is 1.51. The van der Waals surface area contributed by atoms with Gasteiger partial charge in [0.2, 0.25) is 0 Å². The van der Waals surface area contributed by atoms with E-state index in [-0.39, 0.29) is 0 Å². The Kier molecular flexibility index (Phi) is 1.51. The van der Waals surface area contributed by atoms with Crippen molar-refractivity contribution in [3.8, 4) is 0 Å². The average molecular weight is 168 g/mol. The lowest BCUT2D eigenvalue weighted by Gasteiger charge is -1.84. The van der Waals surface area contributed by atoms with Crippen molar-refractivity contribution in [3.63, 3.8) is 0 Å². The molecule has 0 saturated carbocycles. The van der Waals surface area contributed by atoms with E-state index in [4.69, 9.17) is 0 Å². The van der Waals surface area contributed by atoms with Crippen LogP contribution in [-0.2, 0) is 6.42 Å². The van der Waals surface area contributed by atoms with Crippen LogP contribution in [0.5, 0.6) is 0 Å². The molecular formula is C8H8S2. The van der Waals surface area contributed by atoms with Crippen molar-refractivity contribution in [2.45, 2.75) is 13.3 Å². The van der Waals surface area contributed by atoms with Gasteiger partial charge in [-0.3, -0.25) is 0 Å². The second-order valence-corrected chi connectivity index (χ2v) is 4.06. The highest BCUT2D eigenvalue weighted by Gasteiger charge is 2.01. The molecular weight excluding hydrogens is 160 g/mol. The van der Waals surface area contributed by atoms with E-state index in [1.165, 1.54) is 21.4 Å². The molecule has 0 fully saturated rings. The maximum Gasteiger partial charge on any atom is 0.0482 e. The van der Waals surface area contributed by atoms with Gasteiger partial charge in [-0.15, -0.1) is 22.7 Å². The molecule has 2 heterocycles. The van der Waals surface area contributed by atoms with E-state index in [0.717, 1.165) is 0 Å². The molecule has 0 radical (unpaired) electrons. The highest BCUT2D eigenvalue weighted by molar-refractivity contribution is 7.26. The van der Waals surface area contributed by atoms with Crippen molar-refractivity contribution in [2.24, 2.45) is 0 Å². The summed E-state index contributed by atoms with van der Waals surface area (Å²) in [6.45, 7) is 2.21. The van der Waals surface area contributed by atoms with Crippen LogP contribution in [-0.4, -0.2) is 0 Å².